The minimum atomic E-state index is 0.0439. The van der Waals surface area contributed by atoms with E-state index in [4.69, 9.17) is 0 Å². The number of fused-ring (bicyclic) bond motifs is 1. The van der Waals surface area contributed by atoms with E-state index in [-0.39, 0.29) is 6.61 Å². The molecule has 0 spiro atoms. The van der Waals surface area contributed by atoms with E-state index in [1.807, 2.05) is 16.0 Å². The van der Waals surface area contributed by atoms with Crippen molar-refractivity contribution in [2.45, 2.75) is 19.4 Å². The minimum absolute atomic E-state index is 0.0439. The molecule has 5 heteroatoms. The third-order valence-electron chi connectivity index (χ3n) is 3.08. The largest absolute Gasteiger partial charge is 0.390 e. The van der Waals surface area contributed by atoms with Crippen molar-refractivity contribution in [2.75, 3.05) is 18.5 Å². The van der Waals surface area contributed by atoms with Gasteiger partial charge in [-0.05, 0) is 18.8 Å². The molecular formula is C11H15N3OS. The molecule has 0 amide bonds. The molecule has 2 heterocycles. The molecule has 0 radical (unpaired) electrons. The van der Waals surface area contributed by atoms with Gasteiger partial charge in [0.2, 0.25) is 0 Å². The number of aromatic nitrogens is 2. The van der Waals surface area contributed by atoms with Crippen molar-refractivity contribution in [1.82, 2.24) is 9.38 Å². The molecule has 2 aromatic rings. The van der Waals surface area contributed by atoms with Gasteiger partial charge in [0.1, 0.15) is 0 Å². The zero-order chi connectivity index (χ0) is 11.1. The Morgan fingerprint density at radius 2 is 2.44 bits per heavy atom. The Hall–Kier alpha value is -1.07. The molecule has 1 N–H and O–H groups in total. The molecule has 1 saturated carbocycles. The monoisotopic (exact) mass is 237 g/mol. The maximum atomic E-state index is 9.44. The Kier molecular flexibility index (Phi) is 2.37. The van der Waals surface area contributed by atoms with Crippen molar-refractivity contribution in [3.05, 3.63) is 17.3 Å². The number of rotatable bonds is 4. The molecule has 16 heavy (non-hydrogen) atoms. The van der Waals surface area contributed by atoms with Crippen LogP contribution in [0.15, 0.2) is 11.6 Å². The summed E-state index contributed by atoms with van der Waals surface area (Å²) in [6, 6.07) is 0. The molecule has 4 nitrogen and oxygen atoms in total. The molecule has 2 aromatic heterocycles. The molecule has 1 fully saturated rings. The molecule has 86 valence electrons. The molecule has 0 saturated heterocycles. The van der Waals surface area contributed by atoms with Crippen LogP contribution in [0.4, 0.5) is 5.82 Å². The van der Waals surface area contributed by atoms with E-state index < -0.39 is 0 Å². The van der Waals surface area contributed by atoms with Crippen LogP contribution in [0.3, 0.4) is 0 Å². The van der Waals surface area contributed by atoms with Gasteiger partial charge in [-0.3, -0.25) is 4.40 Å². The number of thiazole rings is 1. The van der Waals surface area contributed by atoms with Crippen LogP contribution in [0.25, 0.3) is 4.96 Å². The van der Waals surface area contributed by atoms with Gasteiger partial charge in [0.25, 0.3) is 0 Å². The van der Waals surface area contributed by atoms with Gasteiger partial charge in [0.15, 0.2) is 10.8 Å². The first-order valence-corrected chi connectivity index (χ1v) is 6.44. The lowest BCUT2D eigenvalue weighted by molar-refractivity contribution is 0.276. The van der Waals surface area contributed by atoms with Gasteiger partial charge < -0.3 is 10.0 Å². The van der Waals surface area contributed by atoms with E-state index >= 15 is 0 Å². The topological polar surface area (TPSA) is 40.8 Å². The standard InChI is InChI=1S/C11H15N3OS/c1-13(6-8-2-3-8)10-9(7-15)14-4-5-16-11(14)12-10/h4-5,8,15H,2-3,6-7H2,1H3. The van der Waals surface area contributed by atoms with Crippen molar-refractivity contribution in [2.24, 2.45) is 5.92 Å². The van der Waals surface area contributed by atoms with Gasteiger partial charge in [-0.15, -0.1) is 11.3 Å². The first-order chi connectivity index (χ1) is 7.79. The fourth-order valence-corrected chi connectivity index (χ4v) is 2.78. The molecular weight excluding hydrogens is 222 g/mol. The van der Waals surface area contributed by atoms with Crippen LogP contribution in [-0.2, 0) is 6.61 Å². The number of hydrogen-bond acceptors (Lipinski definition) is 4. The average molecular weight is 237 g/mol. The molecule has 0 unspecified atom stereocenters. The van der Waals surface area contributed by atoms with E-state index in [1.165, 1.54) is 12.8 Å². The quantitative estimate of drug-likeness (QED) is 0.880. The van der Waals surface area contributed by atoms with Crippen molar-refractivity contribution in [3.63, 3.8) is 0 Å². The number of nitrogens with zero attached hydrogens (tertiary/aromatic N) is 3. The van der Waals surface area contributed by atoms with E-state index in [0.717, 1.165) is 28.9 Å². The highest BCUT2D eigenvalue weighted by atomic mass is 32.1. The predicted octanol–water partition coefficient (Wildman–Crippen LogP) is 1.73. The van der Waals surface area contributed by atoms with Crippen molar-refractivity contribution < 1.29 is 5.11 Å². The highest BCUT2D eigenvalue weighted by Gasteiger charge is 2.25. The minimum Gasteiger partial charge on any atom is -0.390 e. The van der Waals surface area contributed by atoms with Gasteiger partial charge in [-0.1, -0.05) is 0 Å². The summed E-state index contributed by atoms with van der Waals surface area (Å²) in [4.78, 5) is 7.70. The summed E-state index contributed by atoms with van der Waals surface area (Å²) in [7, 11) is 2.06. The predicted molar refractivity (Wildman–Crippen MR) is 65.0 cm³/mol. The van der Waals surface area contributed by atoms with Crippen LogP contribution < -0.4 is 4.90 Å². The van der Waals surface area contributed by atoms with Crippen molar-refractivity contribution >= 4 is 22.1 Å². The average Bonchev–Trinajstić information content (AvgIpc) is 2.85. The van der Waals surface area contributed by atoms with Gasteiger partial charge >= 0.3 is 0 Å². The molecule has 3 rings (SSSR count). The molecule has 0 atom stereocenters. The van der Waals surface area contributed by atoms with Crippen LogP contribution in [0, 0.1) is 5.92 Å². The van der Waals surface area contributed by atoms with Crippen molar-refractivity contribution in [3.8, 4) is 0 Å². The number of hydrogen-bond donors (Lipinski definition) is 1. The van der Waals surface area contributed by atoms with Crippen LogP contribution in [-0.4, -0.2) is 28.1 Å². The Morgan fingerprint density at radius 3 is 3.12 bits per heavy atom. The second-order valence-electron chi connectivity index (χ2n) is 4.42. The Labute approximate surface area is 98.1 Å². The molecule has 1 aliphatic carbocycles. The fraction of sp³-hybridized carbons (Fsp3) is 0.545. The van der Waals surface area contributed by atoms with Gasteiger partial charge in [0.05, 0.1) is 12.3 Å². The van der Waals surface area contributed by atoms with Crippen LogP contribution in [0.2, 0.25) is 0 Å². The molecule has 1 aliphatic rings. The highest BCUT2D eigenvalue weighted by Crippen LogP contribution is 2.32. The highest BCUT2D eigenvalue weighted by molar-refractivity contribution is 7.15. The fourth-order valence-electron chi connectivity index (χ4n) is 2.05. The lowest BCUT2D eigenvalue weighted by Crippen LogP contribution is -2.21. The zero-order valence-corrected chi connectivity index (χ0v) is 10.1. The van der Waals surface area contributed by atoms with Crippen LogP contribution in [0.1, 0.15) is 18.5 Å². The van der Waals surface area contributed by atoms with E-state index in [9.17, 15) is 5.11 Å². The second kappa shape index (κ2) is 3.75. The van der Waals surface area contributed by atoms with Crippen molar-refractivity contribution in [1.29, 1.82) is 0 Å². The van der Waals surface area contributed by atoms with Gasteiger partial charge in [-0.25, -0.2) is 4.98 Å². The van der Waals surface area contributed by atoms with Gasteiger partial charge in [-0.2, -0.15) is 0 Å². The Morgan fingerprint density at radius 1 is 1.62 bits per heavy atom. The molecule has 0 bridgehead atoms. The number of aliphatic hydroxyl groups excluding tert-OH is 1. The summed E-state index contributed by atoms with van der Waals surface area (Å²) < 4.78 is 1.98. The SMILES string of the molecule is CN(CC1CC1)c1nc2sccn2c1CO. The first kappa shape index (κ1) is 10.1. The maximum absolute atomic E-state index is 9.44. The third kappa shape index (κ3) is 1.60. The smallest absolute Gasteiger partial charge is 0.195 e. The lowest BCUT2D eigenvalue weighted by Gasteiger charge is -2.17. The second-order valence-corrected chi connectivity index (χ2v) is 5.29. The number of aliphatic hydroxyl groups is 1. The van der Waals surface area contributed by atoms with E-state index in [0.29, 0.717) is 0 Å². The number of anilines is 1. The Bertz CT molecular complexity index is 500. The van der Waals surface area contributed by atoms with E-state index in [1.54, 1.807) is 11.3 Å². The number of imidazole rings is 1. The summed E-state index contributed by atoms with van der Waals surface area (Å²) in [6.07, 6.45) is 4.63. The van der Waals surface area contributed by atoms with Gasteiger partial charge in [0, 0.05) is 25.2 Å². The zero-order valence-electron chi connectivity index (χ0n) is 9.26. The van der Waals surface area contributed by atoms with Crippen LogP contribution >= 0.6 is 11.3 Å². The lowest BCUT2D eigenvalue weighted by atomic mass is 10.3. The first-order valence-electron chi connectivity index (χ1n) is 5.56. The Balaban J connectivity index is 1.96. The van der Waals surface area contributed by atoms with E-state index in [2.05, 4.69) is 16.9 Å². The maximum Gasteiger partial charge on any atom is 0.195 e. The third-order valence-corrected chi connectivity index (χ3v) is 3.84. The summed E-state index contributed by atoms with van der Waals surface area (Å²) in [5.74, 6) is 1.76. The molecule has 0 aromatic carbocycles. The summed E-state index contributed by atoms with van der Waals surface area (Å²) >= 11 is 1.60. The van der Waals surface area contributed by atoms with Crippen LogP contribution in [0.5, 0.6) is 0 Å². The summed E-state index contributed by atoms with van der Waals surface area (Å²) in [5, 5.41) is 11.4. The molecule has 0 aliphatic heterocycles. The summed E-state index contributed by atoms with van der Waals surface area (Å²) in [5.41, 5.74) is 0.902. The normalized spacial score (nSPS) is 15.9. The summed E-state index contributed by atoms with van der Waals surface area (Å²) in [6.45, 7) is 1.10.